The van der Waals surface area contributed by atoms with Crippen LogP contribution in [0, 0.1) is 0 Å². The molecule has 1 heterocycles. The zero-order chi connectivity index (χ0) is 15.2. The zero-order valence-corrected chi connectivity index (χ0v) is 13.9. The Kier molecular flexibility index (Phi) is 5.84. The lowest BCUT2D eigenvalue weighted by Crippen LogP contribution is -2.30. The standard InChI is InChI=1S/C13H14ClN3O2S2/c1-3-20-13-17-16-12(21-13)15-11(18)8(2)19-10-7-5-4-6-9(10)14/h4-8H,3H2,1-2H3,(H,15,16,18)/t8-/m1/s1. The van der Waals surface area contributed by atoms with Gasteiger partial charge in [0, 0.05) is 0 Å². The molecule has 0 saturated carbocycles. The van der Waals surface area contributed by atoms with E-state index in [0.29, 0.717) is 15.9 Å². The van der Waals surface area contributed by atoms with Crippen molar-refractivity contribution in [1.82, 2.24) is 10.2 Å². The van der Waals surface area contributed by atoms with Gasteiger partial charge in [-0.05, 0) is 24.8 Å². The van der Waals surface area contributed by atoms with Gasteiger partial charge in [0.15, 0.2) is 10.4 Å². The SMILES string of the molecule is CCSc1nnc(NC(=O)[C@@H](C)Oc2ccccc2Cl)s1. The van der Waals surface area contributed by atoms with Crippen LogP contribution in [0.4, 0.5) is 5.13 Å². The van der Waals surface area contributed by atoms with Crippen molar-refractivity contribution in [2.24, 2.45) is 0 Å². The molecule has 0 unspecified atom stereocenters. The van der Waals surface area contributed by atoms with Gasteiger partial charge in [0.2, 0.25) is 5.13 Å². The number of carbonyl (C=O) groups excluding carboxylic acids is 1. The summed E-state index contributed by atoms with van der Waals surface area (Å²) in [6.45, 7) is 3.69. The van der Waals surface area contributed by atoms with E-state index in [9.17, 15) is 4.79 Å². The summed E-state index contributed by atoms with van der Waals surface area (Å²) in [6.07, 6.45) is -0.684. The van der Waals surface area contributed by atoms with Gasteiger partial charge >= 0.3 is 0 Å². The molecule has 21 heavy (non-hydrogen) atoms. The van der Waals surface area contributed by atoms with Crippen LogP contribution < -0.4 is 10.1 Å². The Morgan fingerprint density at radius 2 is 2.24 bits per heavy atom. The van der Waals surface area contributed by atoms with Crippen molar-refractivity contribution in [1.29, 1.82) is 0 Å². The number of anilines is 1. The van der Waals surface area contributed by atoms with Crippen molar-refractivity contribution < 1.29 is 9.53 Å². The largest absolute Gasteiger partial charge is 0.479 e. The number of carbonyl (C=O) groups is 1. The number of nitrogens with zero attached hydrogens (tertiary/aromatic N) is 2. The molecular formula is C13H14ClN3O2S2. The molecule has 1 amide bonds. The predicted octanol–water partition coefficient (Wildman–Crippen LogP) is 3.71. The number of nitrogens with one attached hydrogen (secondary N) is 1. The first-order valence-electron chi connectivity index (χ1n) is 6.28. The third-order valence-corrected chi connectivity index (χ3v) is 4.58. The fraction of sp³-hybridized carbons (Fsp3) is 0.308. The van der Waals surface area contributed by atoms with Crippen molar-refractivity contribution in [2.45, 2.75) is 24.3 Å². The van der Waals surface area contributed by atoms with Crippen molar-refractivity contribution >= 4 is 45.7 Å². The lowest BCUT2D eigenvalue weighted by molar-refractivity contribution is -0.122. The van der Waals surface area contributed by atoms with Gasteiger partial charge in [-0.2, -0.15) is 0 Å². The quantitative estimate of drug-likeness (QED) is 0.640. The zero-order valence-electron chi connectivity index (χ0n) is 11.5. The number of thioether (sulfide) groups is 1. The summed E-state index contributed by atoms with van der Waals surface area (Å²) in [5.41, 5.74) is 0. The van der Waals surface area contributed by atoms with Gasteiger partial charge in [-0.3, -0.25) is 10.1 Å². The van der Waals surface area contributed by atoms with Crippen LogP contribution in [0.3, 0.4) is 0 Å². The number of ether oxygens (including phenoxy) is 1. The Hall–Kier alpha value is -1.31. The van der Waals surface area contributed by atoms with E-state index in [1.807, 2.05) is 6.92 Å². The normalized spacial score (nSPS) is 12.0. The highest BCUT2D eigenvalue weighted by Gasteiger charge is 2.18. The summed E-state index contributed by atoms with van der Waals surface area (Å²) in [6, 6.07) is 7.02. The third kappa shape index (κ3) is 4.59. The lowest BCUT2D eigenvalue weighted by Gasteiger charge is -2.14. The van der Waals surface area contributed by atoms with E-state index in [-0.39, 0.29) is 5.91 Å². The van der Waals surface area contributed by atoms with Crippen molar-refractivity contribution in [3.8, 4) is 5.75 Å². The van der Waals surface area contributed by atoms with Gasteiger partial charge in [0.1, 0.15) is 5.75 Å². The Bertz CT molecular complexity index is 621. The molecule has 0 aliphatic rings. The van der Waals surface area contributed by atoms with Crippen LogP contribution in [0.5, 0.6) is 5.75 Å². The van der Waals surface area contributed by atoms with Crippen molar-refractivity contribution in [3.63, 3.8) is 0 Å². The second-order valence-electron chi connectivity index (χ2n) is 3.99. The number of hydrogen-bond donors (Lipinski definition) is 1. The number of halogens is 1. The number of para-hydroxylation sites is 1. The molecule has 0 aliphatic heterocycles. The van der Waals surface area contributed by atoms with Crippen LogP contribution >= 0.6 is 34.7 Å². The lowest BCUT2D eigenvalue weighted by atomic mass is 10.3. The summed E-state index contributed by atoms with van der Waals surface area (Å²) in [5.74, 6) is 1.09. The molecule has 0 bridgehead atoms. The maximum absolute atomic E-state index is 12.0. The smallest absolute Gasteiger partial charge is 0.266 e. The van der Waals surface area contributed by atoms with Crippen LogP contribution in [0.2, 0.25) is 5.02 Å². The monoisotopic (exact) mass is 343 g/mol. The third-order valence-electron chi connectivity index (χ3n) is 2.41. The minimum Gasteiger partial charge on any atom is -0.479 e. The van der Waals surface area contributed by atoms with E-state index in [0.717, 1.165) is 10.1 Å². The number of hydrogen-bond acceptors (Lipinski definition) is 6. The highest BCUT2D eigenvalue weighted by atomic mass is 35.5. The first kappa shape index (κ1) is 16.1. The molecule has 8 heteroatoms. The van der Waals surface area contributed by atoms with Crippen LogP contribution in [0.1, 0.15) is 13.8 Å². The molecule has 2 aromatic rings. The van der Waals surface area contributed by atoms with E-state index in [1.165, 1.54) is 11.3 Å². The average Bonchev–Trinajstić information content (AvgIpc) is 2.89. The van der Waals surface area contributed by atoms with Crippen molar-refractivity contribution in [3.05, 3.63) is 29.3 Å². The molecule has 5 nitrogen and oxygen atoms in total. The van der Waals surface area contributed by atoms with Gasteiger partial charge in [-0.1, -0.05) is 53.8 Å². The van der Waals surface area contributed by atoms with Gasteiger partial charge < -0.3 is 4.74 Å². The minimum absolute atomic E-state index is 0.292. The average molecular weight is 344 g/mol. The summed E-state index contributed by atoms with van der Waals surface area (Å²) in [7, 11) is 0. The second kappa shape index (κ2) is 7.63. The van der Waals surface area contributed by atoms with Crippen molar-refractivity contribution in [2.75, 3.05) is 11.1 Å². The highest BCUT2D eigenvalue weighted by Crippen LogP contribution is 2.26. The molecule has 0 aliphatic carbocycles. The number of amides is 1. The first-order chi connectivity index (χ1) is 10.1. The molecular weight excluding hydrogens is 330 g/mol. The Morgan fingerprint density at radius 1 is 1.48 bits per heavy atom. The Morgan fingerprint density at radius 3 is 2.95 bits per heavy atom. The maximum atomic E-state index is 12.0. The first-order valence-corrected chi connectivity index (χ1v) is 8.46. The molecule has 1 atom stereocenters. The van der Waals surface area contributed by atoms with E-state index in [2.05, 4.69) is 15.5 Å². The maximum Gasteiger partial charge on any atom is 0.266 e. The molecule has 112 valence electrons. The van der Waals surface area contributed by atoms with Crippen LogP contribution in [0.15, 0.2) is 28.6 Å². The van der Waals surface area contributed by atoms with E-state index in [1.54, 1.807) is 43.0 Å². The molecule has 0 fully saturated rings. The second-order valence-corrected chi connectivity index (χ2v) is 6.88. The summed E-state index contributed by atoms with van der Waals surface area (Å²) in [5, 5.41) is 11.5. The van der Waals surface area contributed by atoms with Gasteiger partial charge in [-0.15, -0.1) is 10.2 Å². The topological polar surface area (TPSA) is 64.1 Å². The highest BCUT2D eigenvalue weighted by molar-refractivity contribution is 8.01. The molecule has 2 rings (SSSR count). The number of rotatable bonds is 6. The van der Waals surface area contributed by atoms with Gasteiger partial charge in [0.05, 0.1) is 5.02 Å². The Labute approximate surface area is 136 Å². The van der Waals surface area contributed by atoms with Gasteiger partial charge in [0.25, 0.3) is 5.91 Å². The summed E-state index contributed by atoms with van der Waals surface area (Å²) >= 11 is 8.91. The molecule has 0 radical (unpaired) electrons. The molecule has 0 spiro atoms. The summed E-state index contributed by atoms with van der Waals surface area (Å²) < 4.78 is 6.37. The fourth-order valence-electron chi connectivity index (χ4n) is 1.43. The van der Waals surface area contributed by atoms with Gasteiger partial charge in [-0.25, -0.2) is 0 Å². The van der Waals surface area contributed by atoms with Crippen LogP contribution in [0.25, 0.3) is 0 Å². The molecule has 1 N–H and O–H groups in total. The minimum atomic E-state index is -0.684. The van der Waals surface area contributed by atoms with Crippen LogP contribution in [-0.4, -0.2) is 28.0 Å². The van der Waals surface area contributed by atoms with E-state index >= 15 is 0 Å². The molecule has 1 aromatic carbocycles. The summed E-state index contributed by atoms with van der Waals surface area (Å²) in [4.78, 5) is 12.0. The molecule has 1 aromatic heterocycles. The molecule has 0 saturated heterocycles. The number of aromatic nitrogens is 2. The fourth-order valence-corrected chi connectivity index (χ4v) is 3.27. The van der Waals surface area contributed by atoms with Crippen LogP contribution in [-0.2, 0) is 4.79 Å². The van der Waals surface area contributed by atoms with E-state index < -0.39 is 6.10 Å². The Balaban J connectivity index is 1.94. The van der Waals surface area contributed by atoms with E-state index in [4.69, 9.17) is 16.3 Å². The predicted molar refractivity (Wildman–Crippen MR) is 86.5 cm³/mol. The number of benzene rings is 1.